The quantitative estimate of drug-likeness (QED) is 0.0197. The van der Waals surface area contributed by atoms with Crippen LogP contribution in [0.2, 0.25) is 0 Å². The van der Waals surface area contributed by atoms with Crippen molar-refractivity contribution in [1.82, 2.24) is 0 Å². The summed E-state index contributed by atoms with van der Waals surface area (Å²) in [6.07, 6.45) is 57.4. The van der Waals surface area contributed by atoms with Crippen LogP contribution in [0.1, 0.15) is 245 Å². The maximum absolute atomic E-state index is 12.7. The van der Waals surface area contributed by atoms with Gasteiger partial charge < -0.3 is 27.9 Å². The number of phosphoric acid groups is 1. The number of hydrogen-bond acceptors (Lipinski definition) is 7. The molecule has 0 N–H and O–H groups in total. The Balaban J connectivity index is 4.09. The Kier molecular flexibility index (Phi) is 46.3. The van der Waals surface area contributed by atoms with Gasteiger partial charge in [-0.25, -0.2) is 0 Å². The van der Waals surface area contributed by atoms with Crippen LogP contribution in [0.15, 0.2) is 36.5 Å². The van der Waals surface area contributed by atoms with Crippen LogP contribution in [0, 0.1) is 0 Å². The minimum atomic E-state index is -4.53. The maximum atomic E-state index is 12.7. The van der Waals surface area contributed by atoms with Crippen LogP contribution in [-0.2, 0) is 27.9 Å². The molecule has 372 valence electrons. The van der Waals surface area contributed by atoms with Crippen molar-refractivity contribution in [2.75, 3.05) is 54.1 Å². The van der Waals surface area contributed by atoms with E-state index in [-0.39, 0.29) is 25.8 Å². The molecule has 2 atom stereocenters. The molecular weight excluding hydrogens is 806 g/mol. The van der Waals surface area contributed by atoms with Crippen LogP contribution in [0.25, 0.3) is 0 Å². The predicted molar refractivity (Wildman–Crippen MR) is 268 cm³/mol. The van der Waals surface area contributed by atoms with E-state index in [1.54, 1.807) is 0 Å². The predicted octanol–water partition coefficient (Wildman–Crippen LogP) is 15.9. The molecule has 0 aromatic rings. The number of rotatable bonds is 50. The van der Waals surface area contributed by atoms with Crippen LogP contribution < -0.4 is 4.89 Å². The number of hydrogen-bond donors (Lipinski definition) is 0. The van der Waals surface area contributed by atoms with E-state index in [1.165, 1.54) is 180 Å². The molecule has 0 aliphatic rings. The summed E-state index contributed by atoms with van der Waals surface area (Å²) in [5.74, 6) is -0.339. The van der Waals surface area contributed by atoms with Gasteiger partial charge in [-0.15, -0.1) is 0 Å². The van der Waals surface area contributed by atoms with Crippen LogP contribution in [-0.4, -0.2) is 70.7 Å². The Labute approximate surface area is 391 Å². The molecule has 0 fully saturated rings. The highest BCUT2D eigenvalue weighted by Crippen LogP contribution is 2.38. The normalized spacial score (nSPS) is 13.8. The van der Waals surface area contributed by atoms with Crippen molar-refractivity contribution >= 4 is 13.8 Å². The molecule has 0 saturated carbocycles. The molecular formula is C54H104NO7P. The molecule has 2 unspecified atom stereocenters. The second kappa shape index (κ2) is 47.2. The number of ether oxygens (including phenoxy) is 2. The van der Waals surface area contributed by atoms with Gasteiger partial charge in [0.15, 0.2) is 0 Å². The molecule has 0 rings (SSSR count). The molecule has 0 spiro atoms. The summed E-state index contributed by atoms with van der Waals surface area (Å²) in [5, 5.41) is 0. The highest BCUT2D eigenvalue weighted by molar-refractivity contribution is 7.45. The molecule has 0 aliphatic heterocycles. The smallest absolute Gasteiger partial charge is 0.306 e. The Bertz CT molecular complexity index is 1100. The van der Waals surface area contributed by atoms with E-state index in [2.05, 4.69) is 50.3 Å². The van der Waals surface area contributed by atoms with E-state index in [4.69, 9.17) is 18.5 Å². The van der Waals surface area contributed by atoms with Crippen molar-refractivity contribution in [3.05, 3.63) is 36.5 Å². The molecule has 0 heterocycles. The first-order valence-corrected chi connectivity index (χ1v) is 28.2. The summed E-state index contributed by atoms with van der Waals surface area (Å²) in [5.41, 5.74) is 0. The molecule has 0 amide bonds. The van der Waals surface area contributed by atoms with Gasteiger partial charge in [0, 0.05) is 13.0 Å². The van der Waals surface area contributed by atoms with E-state index in [1.807, 2.05) is 21.1 Å². The fraction of sp³-hybridized carbons (Fsp3) is 0.870. The van der Waals surface area contributed by atoms with Gasteiger partial charge in [0.25, 0.3) is 7.82 Å². The van der Waals surface area contributed by atoms with Gasteiger partial charge in [-0.2, -0.15) is 0 Å². The SMILES string of the molecule is CCCCC/C=C\C/C=C\CCCCCCCCCC(=O)OC(COCCCCCCCCCCCCCC/C=C\CCCCCCCCCC)COP(=O)([O-])OCC[N+](C)(C)C. The summed E-state index contributed by atoms with van der Waals surface area (Å²) in [6, 6.07) is 0. The lowest BCUT2D eigenvalue weighted by Gasteiger charge is -2.28. The lowest BCUT2D eigenvalue weighted by Crippen LogP contribution is -2.37. The Morgan fingerprint density at radius 2 is 0.873 bits per heavy atom. The summed E-state index contributed by atoms with van der Waals surface area (Å²) >= 11 is 0. The third kappa shape index (κ3) is 51.6. The molecule has 0 radical (unpaired) electrons. The number of esters is 1. The van der Waals surface area contributed by atoms with Gasteiger partial charge in [-0.05, 0) is 70.6 Å². The largest absolute Gasteiger partial charge is 0.756 e. The molecule has 0 saturated heterocycles. The molecule has 0 aromatic carbocycles. The van der Waals surface area contributed by atoms with Crippen LogP contribution in [0.3, 0.4) is 0 Å². The molecule has 0 aromatic heterocycles. The van der Waals surface area contributed by atoms with Gasteiger partial charge in [0.2, 0.25) is 0 Å². The minimum Gasteiger partial charge on any atom is -0.756 e. The van der Waals surface area contributed by atoms with E-state index in [0.29, 0.717) is 24.1 Å². The first-order chi connectivity index (χ1) is 30.6. The van der Waals surface area contributed by atoms with E-state index < -0.39 is 13.9 Å². The number of quaternary nitrogens is 1. The Hall–Kier alpha value is -1.28. The topological polar surface area (TPSA) is 94.1 Å². The molecule has 0 aliphatic carbocycles. The summed E-state index contributed by atoms with van der Waals surface area (Å²) < 4.78 is 34.8. The lowest BCUT2D eigenvalue weighted by atomic mass is 10.0. The summed E-state index contributed by atoms with van der Waals surface area (Å²) in [6.45, 7) is 5.41. The zero-order valence-corrected chi connectivity index (χ0v) is 43.2. The van der Waals surface area contributed by atoms with Gasteiger partial charge >= 0.3 is 5.97 Å². The van der Waals surface area contributed by atoms with Crippen LogP contribution in [0.4, 0.5) is 0 Å². The van der Waals surface area contributed by atoms with Crippen molar-refractivity contribution in [3.63, 3.8) is 0 Å². The average Bonchev–Trinajstić information content (AvgIpc) is 3.24. The van der Waals surface area contributed by atoms with Crippen LogP contribution >= 0.6 is 7.82 Å². The van der Waals surface area contributed by atoms with Crippen LogP contribution in [0.5, 0.6) is 0 Å². The van der Waals surface area contributed by atoms with Crippen molar-refractivity contribution in [1.29, 1.82) is 0 Å². The van der Waals surface area contributed by atoms with Gasteiger partial charge in [-0.3, -0.25) is 9.36 Å². The number of allylic oxidation sites excluding steroid dienone is 6. The number of likely N-dealkylation sites (N-methyl/N-ethyl adjacent to an activating group) is 1. The zero-order valence-electron chi connectivity index (χ0n) is 42.3. The molecule has 8 nitrogen and oxygen atoms in total. The zero-order chi connectivity index (χ0) is 46.2. The third-order valence-electron chi connectivity index (χ3n) is 11.7. The van der Waals surface area contributed by atoms with Crippen molar-refractivity contribution < 1.29 is 37.3 Å². The average molecular weight is 910 g/mol. The highest BCUT2D eigenvalue weighted by atomic mass is 31.2. The number of carbonyl (C=O) groups is 1. The summed E-state index contributed by atoms with van der Waals surface area (Å²) in [7, 11) is 1.36. The number of unbranched alkanes of at least 4 members (excludes halogenated alkanes) is 30. The van der Waals surface area contributed by atoms with Gasteiger partial charge in [0.05, 0.1) is 34.4 Å². The van der Waals surface area contributed by atoms with Gasteiger partial charge in [0.1, 0.15) is 19.3 Å². The second-order valence-electron chi connectivity index (χ2n) is 19.2. The molecule has 63 heavy (non-hydrogen) atoms. The fourth-order valence-electron chi connectivity index (χ4n) is 7.51. The first-order valence-electron chi connectivity index (χ1n) is 26.7. The first kappa shape index (κ1) is 61.7. The van der Waals surface area contributed by atoms with E-state index in [0.717, 1.165) is 44.9 Å². The molecule has 0 bridgehead atoms. The fourth-order valence-corrected chi connectivity index (χ4v) is 8.24. The van der Waals surface area contributed by atoms with Crippen molar-refractivity contribution in [3.8, 4) is 0 Å². The maximum Gasteiger partial charge on any atom is 0.306 e. The van der Waals surface area contributed by atoms with E-state index in [9.17, 15) is 14.3 Å². The minimum absolute atomic E-state index is 0.0249. The monoisotopic (exact) mass is 910 g/mol. The van der Waals surface area contributed by atoms with Crippen molar-refractivity contribution in [2.45, 2.75) is 251 Å². The Morgan fingerprint density at radius 1 is 0.492 bits per heavy atom. The lowest BCUT2D eigenvalue weighted by molar-refractivity contribution is -0.870. The number of carbonyl (C=O) groups excluding carboxylic acids is 1. The highest BCUT2D eigenvalue weighted by Gasteiger charge is 2.20. The van der Waals surface area contributed by atoms with Crippen molar-refractivity contribution in [2.24, 2.45) is 0 Å². The Morgan fingerprint density at radius 3 is 1.33 bits per heavy atom. The van der Waals surface area contributed by atoms with E-state index >= 15 is 0 Å². The van der Waals surface area contributed by atoms with Gasteiger partial charge in [-0.1, -0.05) is 204 Å². The second-order valence-corrected chi connectivity index (χ2v) is 20.6. The summed E-state index contributed by atoms with van der Waals surface area (Å²) in [4.78, 5) is 25.2. The standard InChI is InChI=1S/C54H104NO7P/c1-6-8-10-12-14-16-18-20-22-24-25-26-27-28-29-30-32-34-36-38-40-42-44-46-49-59-51-53(52-61-63(57,58)60-50-48-55(3,4)5)62-54(56)47-45-43-41-39-37-35-33-31-23-21-19-17-15-13-11-9-7-2/h15,17,21,23-25,53H,6-14,16,18-20,22,26-52H2,1-5H3/b17-15-,23-21-,25-24-. The third-order valence-corrected chi connectivity index (χ3v) is 12.6. The molecule has 9 heteroatoms. The number of phosphoric ester groups is 1. The number of nitrogens with zero attached hydrogens (tertiary/aromatic N) is 1.